The molecule has 0 aromatic rings. The van der Waals surface area contributed by atoms with E-state index in [-0.39, 0.29) is 11.7 Å². The molecule has 0 saturated heterocycles. The zero-order valence-electron chi connectivity index (χ0n) is 8.38. The van der Waals surface area contributed by atoms with Crippen LogP contribution in [-0.4, -0.2) is 17.3 Å². The molecule has 0 aromatic carbocycles. The van der Waals surface area contributed by atoms with Crippen LogP contribution in [0.4, 0.5) is 0 Å². The molecule has 0 rings (SSSR count). The molecule has 74 valence electrons. The van der Waals surface area contributed by atoms with Crippen LogP contribution in [-0.2, 0) is 4.79 Å². The fraction of sp³-hybridized carbons (Fsp3) is 0.800. The van der Waals surface area contributed by atoms with Crippen LogP contribution in [0.1, 0.15) is 33.1 Å². The second kappa shape index (κ2) is 8.12. The first kappa shape index (κ1) is 12.5. The van der Waals surface area contributed by atoms with E-state index >= 15 is 0 Å². The third-order valence-corrected chi connectivity index (χ3v) is 3.01. The van der Waals surface area contributed by atoms with Gasteiger partial charge in [0.15, 0.2) is 0 Å². The van der Waals surface area contributed by atoms with Crippen LogP contribution in [0.2, 0.25) is 0 Å². The van der Waals surface area contributed by atoms with E-state index in [0.29, 0.717) is 12.8 Å². The Hall–Kier alpha value is -0.490. The number of Topliss-reactive ketones (excluding diaryl/α,β-unsaturated/α-hetero) is 1. The maximum absolute atomic E-state index is 11.2. The maximum Gasteiger partial charge on any atom is 0.149 e. The first-order valence-corrected chi connectivity index (χ1v) is 5.91. The first-order valence-electron chi connectivity index (χ1n) is 4.76. The molecule has 2 nitrogen and oxygen atoms in total. The number of carbonyl (C=O) groups is 1. The van der Waals surface area contributed by atoms with Gasteiger partial charge in [0, 0.05) is 6.42 Å². The van der Waals surface area contributed by atoms with Crippen molar-refractivity contribution in [3.63, 3.8) is 0 Å². The smallest absolute Gasteiger partial charge is 0.149 e. The molecule has 3 heteroatoms. The van der Waals surface area contributed by atoms with Crippen molar-refractivity contribution in [3.8, 4) is 6.07 Å². The predicted octanol–water partition coefficient (Wildman–Crippen LogP) is 2.64. The molecule has 0 heterocycles. The van der Waals surface area contributed by atoms with Crippen LogP contribution in [0.5, 0.6) is 0 Å². The topological polar surface area (TPSA) is 40.9 Å². The molecule has 0 amide bonds. The first-order chi connectivity index (χ1) is 6.26. The minimum absolute atomic E-state index is 0.0830. The Morgan fingerprint density at radius 2 is 2.15 bits per heavy atom. The van der Waals surface area contributed by atoms with Crippen LogP contribution >= 0.6 is 11.8 Å². The van der Waals surface area contributed by atoms with Gasteiger partial charge in [0.05, 0.1) is 6.07 Å². The van der Waals surface area contributed by atoms with Crippen molar-refractivity contribution in [2.24, 2.45) is 5.92 Å². The Morgan fingerprint density at radius 3 is 2.62 bits per heavy atom. The fourth-order valence-electron chi connectivity index (χ4n) is 0.992. The lowest BCUT2D eigenvalue weighted by Crippen LogP contribution is -2.12. The lowest BCUT2D eigenvalue weighted by atomic mass is 10.0. The van der Waals surface area contributed by atoms with E-state index in [1.807, 2.05) is 18.7 Å². The molecule has 0 radical (unpaired) electrons. The summed E-state index contributed by atoms with van der Waals surface area (Å²) in [5, 5.41) is 8.70. The van der Waals surface area contributed by atoms with E-state index in [1.54, 1.807) is 0 Å². The van der Waals surface area contributed by atoms with E-state index in [9.17, 15) is 4.79 Å². The summed E-state index contributed by atoms with van der Waals surface area (Å²) in [5.74, 6) is 1.77. The van der Waals surface area contributed by atoms with E-state index < -0.39 is 0 Å². The molecule has 0 bridgehead atoms. The fourth-order valence-corrected chi connectivity index (χ4v) is 1.89. The molecule has 13 heavy (non-hydrogen) atoms. The molecule has 0 aliphatic carbocycles. The van der Waals surface area contributed by atoms with Gasteiger partial charge < -0.3 is 0 Å². The molecule has 0 aromatic heterocycles. The van der Waals surface area contributed by atoms with Crippen LogP contribution in [0, 0.1) is 17.2 Å². The second-order valence-electron chi connectivity index (χ2n) is 2.90. The van der Waals surface area contributed by atoms with Gasteiger partial charge in [-0.15, -0.1) is 0 Å². The van der Waals surface area contributed by atoms with Gasteiger partial charge in [0.25, 0.3) is 0 Å². The van der Waals surface area contributed by atoms with E-state index in [1.165, 1.54) is 0 Å². The van der Waals surface area contributed by atoms with Gasteiger partial charge in [-0.2, -0.15) is 17.0 Å². The number of thioether (sulfide) groups is 1. The molecule has 0 saturated carbocycles. The van der Waals surface area contributed by atoms with Crippen molar-refractivity contribution in [3.05, 3.63) is 0 Å². The van der Waals surface area contributed by atoms with Gasteiger partial charge in [-0.25, -0.2) is 0 Å². The highest BCUT2D eigenvalue weighted by molar-refractivity contribution is 7.99. The summed E-state index contributed by atoms with van der Waals surface area (Å²) in [6, 6.07) is 2.07. The average molecular weight is 199 g/mol. The van der Waals surface area contributed by atoms with E-state index in [4.69, 9.17) is 5.26 Å². The number of hydrogen-bond acceptors (Lipinski definition) is 3. The zero-order valence-corrected chi connectivity index (χ0v) is 9.19. The summed E-state index contributed by atoms with van der Waals surface area (Å²) in [4.78, 5) is 11.2. The highest BCUT2D eigenvalue weighted by atomic mass is 32.2. The molecule has 1 unspecified atom stereocenters. The monoisotopic (exact) mass is 199 g/mol. The highest BCUT2D eigenvalue weighted by Crippen LogP contribution is 2.12. The summed E-state index contributed by atoms with van der Waals surface area (Å²) in [5.41, 5.74) is 0. The van der Waals surface area contributed by atoms with Crippen LogP contribution in [0.25, 0.3) is 0 Å². The number of rotatable bonds is 7. The van der Waals surface area contributed by atoms with Gasteiger partial charge in [-0.05, 0) is 24.3 Å². The highest BCUT2D eigenvalue weighted by Gasteiger charge is 2.14. The summed E-state index contributed by atoms with van der Waals surface area (Å²) in [7, 11) is 0. The number of nitrogens with zero attached hydrogens (tertiary/aromatic N) is 1. The lowest BCUT2D eigenvalue weighted by Gasteiger charge is -2.05. The minimum Gasteiger partial charge on any atom is -0.298 e. The Labute approximate surface area is 84.7 Å². The van der Waals surface area contributed by atoms with Gasteiger partial charge in [0.2, 0.25) is 0 Å². The van der Waals surface area contributed by atoms with Crippen molar-refractivity contribution in [2.45, 2.75) is 33.1 Å². The SMILES string of the molecule is CCCSCCC(C#N)C(=O)CC. The summed E-state index contributed by atoms with van der Waals surface area (Å²) in [6.07, 6.45) is 2.36. The Morgan fingerprint density at radius 1 is 1.46 bits per heavy atom. The maximum atomic E-state index is 11.2. The summed E-state index contributed by atoms with van der Waals surface area (Å²) < 4.78 is 0. The molecule has 1 atom stereocenters. The van der Waals surface area contributed by atoms with Crippen LogP contribution in [0.3, 0.4) is 0 Å². The third kappa shape index (κ3) is 5.70. The molecule has 0 aliphatic rings. The van der Waals surface area contributed by atoms with Crippen LogP contribution < -0.4 is 0 Å². The van der Waals surface area contributed by atoms with E-state index in [2.05, 4.69) is 13.0 Å². The lowest BCUT2D eigenvalue weighted by molar-refractivity contribution is -0.121. The quantitative estimate of drug-likeness (QED) is 0.592. The van der Waals surface area contributed by atoms with Gasteiger partial charge in [0.1, 0.15) is 11.7 Å². The van der Waals surface area contributed by atoms with Crippen molar-refractivity contribution >= 4 is 17.5 Å². The van der Waals surface area contributed by atoms with Gasteiger partial charge in [-0.3, -0.25) is 4.79 Å². The molecular formula is C10H17NOS. The number of hydrogen-bond donors (Lipinski definition) is 0. The molecule has 0 N–H and O–H groups in total. The third-order valence-electron chi connectivity index (χ3n) is 1.79. The van der Waals surface area contributed by atoms with Crippen molar-refractivity contribution in [1.82, 2.24) is 0 Å². The van der Waals surface area contributed by atoms with Crippen molar-refractivity contribution < 1.29 is 4.79 Å². The second-order valence-corrected chi connectivity index (χ2v) is 4.13. The van der Waals surface area contributed by atoms with Gasteiger partial charge in [-0.1, -0.05) is 13.8 Å². The van der Waals surface area contributed by atoms with Crippen LogP contribution in [0.15, 0.2) is 0 Å². The number of carbonyl (C=O) groups excluding carboxylic acids is 1. The minimum atomic E-state index is -0.366. The van der Waals surface area contributed by atoms with Gasteiger partial charge >= 0.3 is 0 Å². The molecule has 0 spiro atoms. The number of ketones is 1. The normalized spacial score (nSPS) is 12.1. The number of nitriles is 1. The zero-order chi connectivity index (χ0) is 10.1. The predicted molar refractivity (Wildman–Crippen MR) is 56.6 cm³/mol. The summed E-state index contributed by atoms with van der Waals surface area (Å²) in [6.45, 7) is 3.94. The molecular weight excluding hydrogens is 182 g/mol. The largest absolute Gasteiger partial charge is 0.298 e. The van der Waals surface area contributed by atoms with Crippen molar-refractivity contribution in [1.29, 1.82) is 5.26 Å². The average Bonchev–Trinajstić information content (AvgIpc) is 2.17. The van der Waals surface area contributed by atoms with E-state index in [0.717, 1.165) is 17.9 Å². The van der Waals surface area contributed by atoms with Crippen molar-refractivity contribution in [2.75, 3.05) is 11.5 Å². The summed E-state index contributed by atoms with van der Waals surface area (Å²) >= 11 is 1.82. The Balaban J connectivity index is 3.62. The molecule has 0 fully saturated rings. The molecule has 0 aliphatic heterocycles. The Kier molecular flexibility index (Phi) is 7.82. The standard InChI is InChI=1S/C10H17NOS/c1-3-6-13-7-5-9(8-11)10(12)4-2/h9H,3-7H2,1-2H3. The Bertz CT molecular complexity index is 186.